The highest BCUT2D eigenvalue weighted by Crippen LogP contribution is 2.33. The Kier molecular flexibility index (Phi) is 13.1. The fourth-order valence-electron chi connectivity index (χ4n) is 5.33. The molecule has 0 aromatic heterocycles. The molecule has 0 spiro atoms. The van der Waals surface area contributed by atoms with Gasteiger partial charge in [-0.05, 0) is 81.0 Å². The summed E-state index contributed by atoms with van der Waals surface area (Å²) in [4.78, 5) is 31.3. The van der Waals surface area contributed by atoms with E-state index in [-0.39, 0.29) is 35.5 Å². The van der Waals surface area contributed by atoms with Gasteiger partial charge in [-0.2, -0.15) is 0 Å². The van der Waals surface area contributed by atoms with Crippen LogP contribution in [0.4, 0.5) is 5.69 Å². The van der Waals surface area contributed by atoms with Crippen molar-refractivity contribution in [2.45, 2.75) is 69.0 Å². The Hall–Kier alpha value is -4.28. The second-order valence-corrected chi connectivity index (χ2v) is 14.4. The summed E-state index contributed by atoms with van der Waals surface area (Å²) in [7, 11) is -4.26. The molecule has 48 heavy (non-hydrogen) atoms. The average molecular weight is 688 g/mol. The van der Waals surface area contributed by atoms with Gasteiger partial charge in [0.1, 0.15) is 18.3 Å². The van der Waals surface area contributed by atoms with Crippen molar-refractivity contribution < 1.29 is 22.7 Å². The van der Waals surface area contributed by atoms with Gasteiger partial charge in [0.15, 0.2) is 0 Å². The topological polar surface area (TPSA) is 96.0 Å². The van der Waals surface area contributed by atoms with E-state index in [1.165, 1.54) is 16.7 Å². The van der Waals surface area contributed by atoms with E-state index in [2.05, 4.69) is 5.32 Å². The van der Waals surface area contributed by atoms with Crippen LogP contribution >= 0.6 is 11.8 Å². The van der Waals surface area contributed by atoms with Gasteiger partial charge in [-0.3, -0.25) is 13.9 Å². The minimum atomic E-state index is -4.26. The number of carbonyl (C=O) groups excluding carboxylic acids is 2. The highest BCUT2D eigenvalue weighted by Gasteiger charge is 2.36. The second kappa shape index (κ2) is 17.2. The van der Waals surface area contributed by atoms with Gasteiger partial charge in [0.25, 0.3) is 10.0 Å². The third-order valence-corrected chi connectivity index (χ3v) is 10.6. The molecule has 254 valence electrons. The van der Waals surface area contributed by atoms with Crippen LogP contribution in [0.25, 0.3) is 0 Å². The van der Waals surface area contributed by atoms with Gasteiger partial charge in [0.2, 0.25) is 11.8 Å². The summed E-state index contributed by atoms with van der Waals surface area (Å²) < 4.78 is 35.8. The number of anilines is 1. The van der Waals surface area contributed by atoms with Crippen LogP contribution in [0.5, 0.6) is 5.75 Å². The first-order valence-corrected chi connectivity index (χ1v) is 18.8. The molecule has 0 aliphatic carbocycles. The molecule has 0 aliphatic heterocycles. The molecule has 0 bridgehead atoms. The van der Waals surface area contributed by atoms with E-state index in [0.29, 0.717) is 18.8 Å². The molecule has 0 saturated carbocycles. The molecule has 0 radical (unpaired) electrons. The lowest BCUT2D eigenvalue weighted by atomic mass is 10.0. The van der Waals surface area contributed by atoms with E-state index in [9.17, 15) is 18.0 Å². The number of nitrogens with zero attached hydrogens (tertiary/aromatic N) is 2. The van der Waals surface area contributed by atoms with Crippen LogP contribution in [0.3, 0.4) is 0 Å². The largest absolute Gasteiger partial charge is 0.492 e. The van der Waals surface area contributed by atoms with Crippen molar-refractivity contribution in [3.63, 3.8) is 0 Å². The van der Waals surface area contributed by atoms with Gasteiger partial charge in [-0.15, -0.1) is 11.8 Å². The first-order valence-electron chi connectivity index (χ1n) is 16.1. The lowest BCUT2D eigenvalue weighted by Crippen LogP contribution is -2.54. The standard InChI is InChI=1S/C38H45N3O5S2/c1-6-29(4)39-38(43)35(25-30-15-9-8-10-16-30)40(26-31-17-13-14-28(3)24-31)37(42)27-41(34-18-11-12-19-36(34)46-7-2)48(44,45)33-22-20-32(47-5)21-23-33/h8-24,29,35H,6-7,25-27H2,1-5H3,(H,39,43)/t29-,35+/m1/s1. The van der Waals surface area contributed by atoms with Crippen LogP contribution in [-0.2, 0) is 32.6 Å². The zero-order chi connectivity index (χ0) is 34.7. The summed E-state index contributed by atoms with van der Waals surface area (Å²) in [6, 6.07) is 29.6. The molecule has 2 amide bonds. The SMILES string of the molecule is CCOc1ccccc1N(CC(=O)N(Cc1cccc(C)c1)[C@@H](Cc1ccccc1)C(=O)N[C@H](C)CC)S(=O)(=O)c1ccc(SC)cc1. The number of amides is 2. The maximum absolute atomic E-state index is 14.8. The predicted molar refractivity (Wildman–Crippen MR) is 194 cm³/mol. The van der Waals surface area contributed by atoms with E-state index in [1.807, 2.05) is 88.5 Å². The van der Waals surface area contributed by atoms with Gasteiger partial charge < -0.3 is 15.0 Å². The molecule has 8 nitrogen and oxygen atoms in total. The number of hydrogen-bond donors (Lipinski definition) is 1. The molecular weight excluding hydrogens is 643 g/mol. The summed E-state index contributed by atoms with van der Waals surface area (Å²) >= 11 is 1.50. The lowest BCUT2D eigenvalue weighted by Gasteiger charge is -2.34. The van der Waals surface area contributed by atoms with Gasteiger partial charge in [-0.1, -0.05) is 79.2 Å². The molecule has 10 heteroatoms. The summed E-state index contributed by atoms with van der Waals surface area (Å²) in [5, 5.41) is 3.07. The van der Waals surface area contributed by atoms with E-state index in [0.717, 1.165) is 25.9 Å². The Morgan fingerprint density at radius 1 is 0.875 bits per heavy atom. The normalized spacial score (nSPS) is 12.5. The molecule has 0 fully saturated rings. The number of rotatable bonds is 16. The first kappa shape index (κ1) is 36.6. The van der Waals surface area contributed by atoms with E-state index in [4.69, 9.17) is 4.74 Å². The van der Waals surface area contributed by atoms with Crippen LogP contribution in [-0.4, -0.2) is 56.6 Å². The monoisotopic (exact) mass is 687 g/mol. The van der Waals surface area contributed by atoms with Gasteiger partial charge in [0, 0.05) is 23.9 Å². The Morgan fingerprint density at radius 3 is 2.19 bits per heavy atom. The number of carbonyl (C=O) groups is 2. The molecule has 0 saturated heterocycles. The molecule has 2 atom stereocenters. The van der Waals surface area contributed by atoms with Gasteiger partial charge >= 0.3 is 0 Å². The Bertz CT molecular complexity index is 1760. The minimum absolute atomic E-state index is 0.0417. The van der Waals surface area contributed by atoms with Gasteiger partial charge in [0.05, 0.1) is 17.2 Å². The molecule has 0 heterocycles. The van der Waals surface area contributed by atoms with Crippen molar-refractivity contribution in [2.75, 3.05) is 23.7 Å². The van der Waals surface area contributed by atoms with Gasteiger partial charge in [-0.25, -0.2) is 8.42 Å². The molecule has 4 rings (SSSR count). The molecule has 4 aromatic rings. The number of aryl methyl sites for hydroxylation is 1. The van der Waals surface area contributed by atoms with Crippen molar-refractivity contribution >= 4 is 39.3 Å². The number of benzene rings is 4. The Balaban J connectivity index is 1.85. The zero-order valence-electron chi connectivity index (χ0n) is 28.3. The Morgan fingerprint density at radius 2 is 1.54 bits per heavy atom. The molecule has 0 aliphatic rings. The van der Waals surface area contributed by atoms with Crippen LogP contribution in [0.15, 0.2) is 113 Å². The minimum Gasteiger partial charge on any atom is -0.492 e. The third kappa shape index (κ3) is 9.41. The van der Waals surface area contributed by atoms with E-state index >= 15 is 0 Å². The first-order chi connectivity index (χ1) is 23.1. The fourth-order valence-corrected chi connectivity index (χ4v) is 7.16. The maximum Gasteiger partial charge on any atom is 0.264 e. The summed E-state index contributed by atoms with van der Waals surface area (Å²) in [5.41, 5.74) is 2.95. The number of sulfonamides is 1. The summed E-state index contributed by atoms with van der Waals surface area (Å²) in [6.45, 7) is 7.54. The summed E-state index contributed by atoms with van der Waals surface area (Å²) in [5.74, 6) is -0.490. The van der Waals surface area contributed by atoms with Crippen LogP contribution in [0.2, 0.25) is 0 Å². The zero-order valence-corrected chi connectivity index (χ0v) is 29.9. The number of thioether (sulfide) groups is 1. The number of nitrogens with one attached hydrogen (secondary N) is 1. The number of hydrogen-bond acceptors (Lipinski definition) is 6. The molecule has 0 unspecified atom stereocenters. The molecular formula is C38H45N3O5S2. The van der Waals surface area contributed by atoms with Crippen LogP contribution < -0.4 is 14.4 Å². The van der Waals surface area contributed by atoms with Crippen molar-refractivity contribution in [3.05, 3.63) is 120 Å². The van der Waals surface area contributed by atoms with Crippen molar-refractivity contribution in [2.24, 2.45) is 0 Å². The number of para-hydroxylation sites is 2. The highest BCUT2D eigenvalue weighted by atomic mass is 32.2. The smallest absolute Gasteiger partial charge is 0.264 e. The molecule has 4 aromatic carbocycles. The van der Waals surface area contributed by atoms with E-state index in [1.54, 1.807) is 48.5 Å². The lowest BCUT2D eigenvalue weighted by molar-refractivity contribution is -0.140. The van der Waals surface area contributed by atoms with Crippen LogP contribution in [0, 0.1) is 6.92 Å². The molecule has 1 N–H and O–H groups in total. The van der Waals surface area contributed by atoms with Crippen molar-refractivity contribution in [1.82, 2.24) is 10.2 Å². The fraction of sp³-hybridized carbons (Fsp3) is 0.316. The Labute approximate surface area is 289 Å². The predicted octanol–water partition coefficient (Wildman–Crippen LogP) is 6.87. The average Bonchev–Trinajstić information content (AvgIpc) is 3.09. The summed E-state index contributed by atoms with van der Waals surface area (Å²) in [6.07, 6.45) is 2.88. The van der Waals surface area contributed by atoms with E-state index < -0.39 is 28.5 Å². The number of ether oxygens (including phenoxy) is 1. The highest BCUT2D eigenvalue weighted by molar-refractivity contribution is 7.98. The maximum atomic E-state index is 14.8. The van der Waals surface area contributed by atoms with Crippen LogP contribution in [0.1, 0.15) is 43.9 Å². The second-order valence-electron chi connectivity index (χ2n) is 11.6. The third-order valence-electron chi connectivity index (χ3n) is 8.07. The van der Waals surface area contributed by atoms with Crippen molar-refractivity contribution in [1.29, 1.82) is 0 Å². The quantitative estimate of drug-likeness (QED) is 0.129. The van der Waals surface area contributed by atoms with Crippen molar-refractivity contribution in [3.8, 4) is 5.75 Å².